The average Bonchev–Trinajstić information content (AvgIpc) is 2.63. The van der Waals surface area contributed by atoms with E-state index < -0.39 is 4.92 Å². The quantitative estimate of drug-likeness (QED) is 0.640. The molecule has 1 aliphatic heterocycles. The molecule has 1 atom stereocenters. The van der Waals surface area contributed by atoms with Crippen molar-refractivity contribution >= 4 is 11.6 Å². The van der Waals surface area contributed by atoms with Gasteiger partial charge in [0.2, 0.25) is 5.91 Å². The summed E-state index contributed by atoms with van der Waals surface area (Å²) in [6.07, 6.45) is 0.224. The smallest absolute Gasteiger partial charge is 0.269 e. The Hall–Kier alpha value is -2.73. The molecule has 0 unspecified atom stereocenters. The minimum absolute atomic E-state index is 0.000932. The van der Waals surface area contributed by atoms with E-state index in [4.69, 9.17) is 4.74 Å². The van der Waals surface area contributed by atoms with Crippen molar-refractivity contribution in [3.63, 3.8) is 0 Å². The lowest BCUT2D eigenvalue weighted by Crippen LogP contribution is -2.44. The van der Waals surface area contributed by atoms with Gasteiger partial charge >= 0.3 is 0 Å². The number of nitrogens with zero attached hydrogens (tertiary/aromatic N) is 2. The molecule has 124 valence electrons. The molecule has 0 radical (unpaired) electrons. The van der Waals surface area contributed by atoms with Crippen LogP contribution in [0.3, 0.4) is 0 Å². The molecule has 0 N–H and O–H groups in total. The molecule has 2 aromatic rings. The number of amides is 1. The Morgan fingerprint density at radius 1 is 1.17 bits per heavy atom. The third-order valence-electron chi connectivity index (χ3n) is 4.14. The molecular formula is C18H18N2O4. The van der Waals surface area contributed by atoms with E-state index in [-0.39, 0.29) is 24.1 Å². The van der Waals surface area contributed by atoms with Crippen molar-refractivity contribution in [2.75, 3.05) is 19.8 Å². The summed E-state index contributed by atoms with van der Waals surface area (Å²) in [4.78, 5) is 24.8. The van der Waals surface area contributed by atoms with Crippen molar-refractivity contribution in [3.05, 3.63) is 75.8 Å². The van der Waals surface area contributed by atoms with Crippen molar-refractivity contribution in [2.24, 2.45) is 0 Å². The monoisotopic (exact) mass is 326 g/mol. The van der Waals surface area contributed by atoms with E-state index >= 15 is 0 Å². The van der Waals surface area contributed by atoms with Crippen LogP contribution in [0.1, 0.15) is 17.2 Å². The number of benzene rings is 2. The summed E-state index contributed by atoms with van der Waals surface area (Å²) in [6.45, 7) is 1.55. The molecule has 6 nitrogen and oxygen atoms in total. The highest BCUT2D eigenvalue weighted by molar-refractivity contribution is 5.79. The van der Waals surface area contributed by atoms with E-state index in [1.54, 1.807) is 12.1 Å². The van der Waals surface area contributed by atoms with E-state index in [9.17, 15) is 14.9 Å². The van der Waals surface area contributed by atoms with E-state index in [0.717, 1.165) is 11.1 Å². The van der Waals surface area contributed by atoms with Gasteiger partial charge in [0.1, 0.15) is 0 Å². The van der Waals surface area contributed by atoms with Crippen LogP contribution in [0.2, 0.25) is 0 Å². The zero-order chi connectivity index (χ0) is 16.9. The molecule has 1 heterocycles. The number of hydrogen-bond acceptors (Lipinski definition) is 4. The topological polar surface area (TPSA) is 72.7 Å². The Morgan fingerprint density at radius 3 is 2.54 bits per heavy atom. The van der Waals surface area contributed by atoms with Crippen LogP contribution in [-0.4, -0.2) is 35.5 Å². The summed E-state index contributed by atoms with van der Waals surface area (Å²) >= 11 is 0. The van der Waals surface area contributed by atoms with Gasteiger partial charge in [-0.3, -0.25) is 14.9 Å². The van der Waals surface area contributed by atoms with Gasteiger partial charge in [-0.2, -0.15) is 0 Å². The van der Waals surface area contributed by atoms with Crippen molar-refractivity contribution in [1.82, 2.24) is 4.90 Å². The number of nitro groups is 1. The van der Waals surface area contributed by atoms with E-state index in [2.05, 4.69) is 0 Å². The molecule has 3 rings (SSSR count). The number of carbonyl (C=O) groups excluding carboxylic acids is 1. The Bertz CT molecular complexity index is 716. The number of nitro benzene ring substituents is 1. The summed E-state index contributed by atoms with van der Waals surface area (Å²) in [5.41, 5.74) is 1.85. The maximum atomic E-state index is 12.7. The first-order valence-electron chi connectivity index (χ1n) is 7.80. The molecule has 0 saturated carbocycles. The van der Waals surface area contributed by atoms with E-state index in [1.807, 2.05) is 35.2 Å². The van der Waals surface area contributed by atoms with Crippen molar-refractivity contribution in [1.29, 1.82) is 0 Å². The Labute approximate surface area is 139 Å². The molecule has 1 fully saturated rings. The van der Waals surface area contributed by atoms with Gasteiger partial charge in [-0.1, -0.05) is 42.5 Å². The van der Waals surface area contributed by atoms with Crippen LogP contribution in [0.15, 0.2) is 54.6 Å². The normalized spacial score (nSPS) is 17.5. The van der Waals surface area contributed by atoms with Gasteiger partial charge < -0.3 is 9.64 Å². The van der Waals surface area contributed by atoms with Gasteiger partial charge in [0.25, 0.3) is 5.69 Å². The third kappa shape index (κ3) is 3.60. The minimum atomic E-state index is -0.445. The predicted octanol–water partition coefficient (Wildman–Crippen LogP) is 2.74. The predicted molar refractivity (Wildman–Crippen MR) is 88.5 cm³/mol. The molecular weight excluding hydrogens is 308 g/mol. The van der Waals surface area contributed by atoms with Crippen LogP contribution in [0.5, 0.6) is 0 Å². The number of rotatable bonds is 4. The number of carbonyl (C=O) groups is 1. The lowest BCUT2D eigenvalue weighted by Gasteiger charge is -2.36. The second kappa shape index (κ2) is 7.23. The Balaban J connectivity index is 1.73. The van der Waals surface area contributed by atoms with Gasteiger partial charge in [0, 0.05) is 18.7 Å². The molecule has 2 aromatic carbocycles. The fourth-order valence-corrected chi connectivity index (χ4v) is 2.87. The summed E-state index contributed by atoms with van der Waals surface area (Å²) in [7, 11) is 0. The maximum Gasteiger partial charge on any atom is 0.269 e. The van der Waals surface area contributed by atoms with Gasteiger partial charge in [-0.05, 0) is 11.1 Å². The standard InChI is InChI=1S/C18H18N2O4/c21-18(12-14-6-8-16(9-7-14)20(22)23)19-10-11-24-13-17(19)15-4-2-1-3-5-15/h1-9,17H,10-13H2/t17-/m1/s1. The molecule has 0 bridgehead atoms. The zero-order valence-electron chi connectivity index (χ0n) is 13.1. The van der Waals surface area contributed by atoms with Crippen molar-refractivity contribution < 1.29 is 14.5 Å². The van der Waals surface area contributed by atoms with Crippen LogP contribution >= 0.6 is 0 Å². The molecule has 1 aliphatic rings. The molecule has 0 spiro atoms. The van der Waals surface area contributed by atoms with Gasteiger partial charge in [0.15, 0.2) is 0 Å². The minimum Gasteiger partial charge on any atom is -0.377 e. The van der Waals surface area contributed by atoms with Crippen LogP contribution in [-0.2, 0) is 16.0 Å². The number of ether oxygens (including phenoxy) is 1. The maximum absolute atomic E-state index is 12.7. The lowest BCUT2D eigenvalue weighted by molar-refractivity contribution is -0.384. The summed E-state index contributed by atoms with van der Waals surface area (Å²) in [5.74, 6) is 0.000932. The number of non-ortho nitro benzene ring substituents is 1. The van der Waals surface area contributed by atoms with Gasteiger partial charge in [0.05, 0.1) is 30.6 Å². The number of morpholine rings is 1. The number of hydrogen-bond donors (Lipinski definition) is 0. The fourth-order valence-electron chi connectivity index (χ4n) is 2.87. The highest BCUT2D eigenvalue weighted by atomic mass is 16.6. The second-order valence-electron chi connectivity index (χ2n) is 5.69. The van der Waals surface area contributed by atoms with Crippen LogP contribution in [0.4, 0.5) is 5.69 Å². The average molecular weight is 326 g/mol. The van der Waals surface area contributed by atoms with Crippen LogP contribution in [0.25, 0.3) is 0 Å². The van der Waals surface area contributed by atoms with E-state index in [0.29, 0.717) is 19.8 Å². The fraction of sp³-hybridized carbons (Fsp3) is 0.278. The molecule has 6 heteroatoms. The highest BCUT2D eigenvalue weighted by Gasteiger charge is 2.28. The zero-order valence-corrected chi connectivity index (χ0v) is 13.1. The highest BCUT2D eigenvalue weighted by Crippen LogP contribution is 2.25. The SMILES string of the molecule is O=C(Cc1ccc([N+](=O)[O-])cc1)N1CCOC[C@@H]1c1ccccc1. The summed E-state index contributed by atoms with van der Waals surface area (Å²) in [6, 6.07) is 15.8. The lowest BCUT2D eigenvalue weighted by atomic mass is 10.0. The van der Waals surface area contributed by atoms with Crippen molar-refractivity contribution in [2.45, 2.75) is 12.5 Å². The summed E-state index contributed by atoms with van der Waals surface area (Å²) < 4.78 is 5.54. The second-order valence-corrected chi connectivity index (χ2v) is 5.69. The molecule has 1 amide bonds. The molecule has 1 saturated heterocycles. The first-order valence-corrected chi connectivity index (χ1v) is 7.80. The molecule has 24 heavy (non-hydrogen) atoms. The third-order valence-corrected chi connectivity index (χ3v) is 4.14. The van der Waals surface area contributed by atoms with Gasteiger partial charge in [-0.15, -0.1) is 0 Å². The molecule has 0 aliphatic carbocycles. The largest absolute Gasteiger partial charge is 0.377 e. The van der Waals surface area contributed by atoms with Crippen LogP contribution in [0, 0.1) is 10.1 Å². The Kier molecular flexibility index (Phi) is 4.86. The Morgan fingerprint density at radius 2 is 1.88 bits per heavy atom. The van der Waals surface area contributed by atoms with Crippen LogP contribution < -0.4 is 0 Å². The first-order chi connectivity index (χ1) is 11.6. The van der Waals surface area contributed by atoms with Gasteiger partial charge in [-0.25, -0.2) is 0 Å². The van der Waals surface area contributed by atoms with E-state index in [1.165, 1.54) is 12.1 Å². The first kappa shape index (κ1) is 16.1. The summed E-state index contributed by atoms with van der Waals surface area (Å²) in [5, 5.41) is 10.7. The molecule has 0 aromatic heterocycles. The van der Waals surface area contributed by atoms with Crippen molar-refractivity contribution in [3.8, 4) is 0 Å².